The lowest BCUT2D eigenvalue weighted by molar-refractivity contribution is -0.0431. The van der Waals surface area contributed by atoms with E-state index in [0.717, 1.165) is 0 Å². The van der Waals surface area contributed by atoms with Gasteiger partial charge in [0.05, 0.1) is 0 Å². The summed E-state index contributed by atoms with van der Waals surface area (Å²) in [5, 5.41) is 3.50. The van der Waals surface area contributed by atoms with Gasteiger partial charge in [-0.2, -0.15) is 0 Å². The maximum atomic E-state index is 3.50. The highest BCUT2D eigenvalue weighted by molar-refractivity contribution is 5.00. The molecule has 2 rings (SSSR count). The quantitative estimate of drug-likeness (QED) is 0.660. The molecule has 0 aromatic heterocycles. The highest BCUT2D eigenvalue weighted by Gasteiger charge is 2.43. The Kier molecular flexibility index (Phi) is 3.09. The zero-order valence-corrected chi connectivity index (χ0v) is 10.6. The van der Waals surface area contributed by atoms with E-state index in [1.807, 2.05) is 0 Å². The minimum atomic E-state index is 0.345. The first-order chi connectivity index (χ1) is 7.05. The zero-order chi connectivity index (χ0) is 10.9. The average molecular weight is 210 g/mol. The second-order valence-corrected chi connectivity index (χ2v) is 6.25. The third kappa shape index (κ3) is 2.21. The Morgan fingerprint density at radius 1 is 1.00 bits per heavy atom. The van der Waals surface area contributed by atoms with Crippen LogP contribution >= 0.6 is 0 Å². The molecular weight excluding hydrogens is 184 g/mol. The third-order valence-corrected chi connectivity index (χ3v) is 4.19. The fourth-order valence-corrected chi connectivity index (χ4v) is 3.56. The van der Waals surface area contributed by atoms with Crippen molar-refractivity contribution in [2.45, 2.75) is 64.0 Å². The Morgan fingerprint density at radius 2 is 1.67 bits per heavy atom. The largest absolute Gasteiger partial charge is 0.317 e. The predicted molar refractivity (Wildman–Crippen MR) is 65.1 cm³/mol. The predicted octanol–water partition coefficient (Wildman–Crippen LogP) is 2.39. The molecule has 1 N–H and O–H groups in total. The second-order valence-electron chi connectivity index (χ2n) is 6.25. The van der Waals surface area contributed by atoms with E-state index in [1.165, 1.54) is 51.7 Å². The third-order valence-electron chi connectivity index (χ3n) is 4.19. The minimum absolute atomic E-state index is 0.345. The molecule has 0 saturated carbocycles. The summed E-state index contributed by atoms with van der Waals surface area (Å²) in [5.41, 5.74) is 0.875. The first-order valence-electron chi connectivity index (χ1n) is 6.53. The van der Waals surface area contributed by atoms with Gasteiger partial charge in [0.2, 0.25) is 0 Å². The van der Waals surface area contributed by atoms with E-state index < -0.39 is 0 Å². The normalized spacial score (nSPS) is 28.2. The molecule has 2 fully saturated rings. The van der Waals surface area contributed by atoms with E-state index in [4.69, 9.17) is 0 Å². The van der Waals surface area contributed by atoms with Crippen LogP contribution in [0.1, 0.15) is 52.9 Å². The average Bonchev–Trinajstić information content (AvgIpc) is 2.18. The second kappa shape index (κ2) is 4.06. The van der Waals surface area contributed by atoms with Gasteiger partial charge in [0.1, 0.15) is 0 Å². The van der Waals surface area contributed by atoms with Crippen molar-refractivity contribution in [2.75, 3.05) is 19.6 Å². The number of piperidine rings is 2. The van der Waals surface area contributed by atoms with Gasteiger partial charge in [-0.05, 0) is 66.1 Å². The molecule has 2 aliphatic heterocycles. The van der Waals surface area contributed by atoms with Gasteiger partial charge in [-0.3, -0.25) is 4.90 Å². The Labute approximate surface area is 94.4 Å². The molecule has 0 aromatic rings. The van der Waals surface area contributed by atoms with Crippen LogP contribution in [0.3, 0.4) is 0 Å². The highest BCUT2D eigenvalue weighted by Crippen LogP contribution is 2.39. The van der Waals surface area contributed by atoms with E-state index in [9.17, 15) is 0 Å². The van der Waals surface area contributed by atoms with Crippen molar-refractivity contribution in [3.05, 3.63) is 0 Å². The van der Waals surface area contributed by atoms with Gasteiger partial charge in [0, 0.05) is 11.1 Å². The maximum Gasteiger partial charge on any atom is 0.0238 e. The van der Waals surface area contributed by atoms with Gasteiger partial charge < -0.3 is 5.32 Å². The molecule has 2 saturated heterocycles. The van der Waals surface area contributed by atoms with Gasteiger partial charge in [-0.1, -0.05) is 6.42 Å². The standard InChI is InChI=1S/C13H26N2/c1-12(2,3)15-11-5-4-6-13(15)7-9-14-10-8-13/h14H,4-11H2,1-3H3. The first-order valence-corrected chi connectivity index (χ1v) is 6.53. The van der Waals surface area contributed by atoms with Crippen LogP contribution in [0, 0.1) is 0 Å². The molecule has 0 aliphatic carbocycles. The van der Waals surface area contributed by atoms with Crippen LogP contribution in [-0.4, -0.2) is 35.6 Å². The van der Waals surface area contributed by atoms with Crippen molar-refractivity contribution in [3.63, 3.8) is 0 Å². The molecule has 0 atom stereocenters. The summed E-state index contributed by atoms with van der Waals surface area (Å²) < 4.78 is 0. The summed E-state index contributed by atoms with van der Waals surface area (Å²) in [6, 6.07) is 0. The Morgan fingerprint density at radius 3 is 2.27 bits per heavy atom. The Bertz CT molecular complexity index is 203. The van der Waals surface area contributed by atoms with Crippen LogP contribution in [0.5, 0.6) is 0 Å². The molecule has 0 bridgehead atoms. The molecule has 0 unspecified atom stereocenters. The van der Waals surface area contributed by atoms with Gasteiger partial charge in [-0.15, -0.1) is 0 Å². The number of hydrogen-bond acceptors (Lipinski definition) is 2. The van der Waals surface area contributed by atoms with Crippen molar-refractivity contribution in [3.8, 4) is 0 Å². The van der Waals surface area contributed by atoms with E-state index in [2.05, 4.69) is 31.0 Å². The molecule has 2 heterocycles. The van der Waals surface area contributed by atoms with Crippen molar-refractivity contribution in [1.82, 2.24) is 10.2 Å². The van der Waals surface area contributed by atoms with Crippen LogP contribution in [0.4, 0.5) is 0 Å². The number of likely N-dealkylation sites (tertiary alicyclic amines) is 1. The van der Waals surface area contributed by atoms with Crippen LogP contribution in [-0.2, 0) is 0 Å². The Hall–Kier alpha value is -0.0800. The number of hydrogen-bond donors (Lipinski definition) is 1. The SMILES string of the molecule is CC(C)(C)N1CCCCC12CCNCC2. The van der Waals surface area contributed by atoms with Crippen molar-refractivity contribution < 1.29 is 0 Å². The molecule has 2 aliphatic rings. The maximum absolute atomic E-state index is 3.50. The molecular formula is C13H26N2. The summed E-state index contributed by atoms with van der Waals surface area (Å²) in [5.74, 6) is 0. The summed E-state index contributed by atoms with van der Waals surface area (Å²) in [4.78, 5) is 2.80. The minimum Gasteiger partial charge on any atom is -0.317 e. The summed E-state index contributed by atoms with van der Waals surface area (Å²) in [7, 11) is 0. The molecule has 2 heteroatoms. The van der Waals surface area contributed by atoms with Crippen molar-refractivity contribution in [1.29, 1.82) is 0 Å². The van der Waals surface area contributed by atoms with Gasteiger partial charge in [0.25, 0.3) is 0 Å². The van der Waals surface area contributed by atoms with Crippen LogP contribution in [0.2, 0.25) is 0 Å². The number of nitrogens with zero attached hydrogens (tertiary/aromatic N) is 1. The molecule has 88 valence electrons. The molecule has 1 spiro atoms. The van der Waals surface area contributed by atoms with Crippen molar-refractivity contribution in [2.24, 2.45) is 0 Å². The summed E-state index contributed by atoms with van der Waals surface area (Å²) >= 11 is 0. The molecule has 0 amide bonds. The van der Waals surface area contributed by atoms with Gasteiger partial charge in [0.15, 0.2) is 0 Å². The monoisotopic (exact) mass is 210 g/mol. The van der Waals surface area contributed by atoms with Crippen LogP contribution in [0.15, 0.2) is 0 Å². The van der Waals surface area contributed by atoms with Crippen LogP contribution < -0.4 is 5.32 Å². The fourth-order valence-electron chi connectivity index (χ4n) is 3.56. The van der Waals surface area contributed by atoms with Crippen LogP contribution in [0.25, 0.3) is 0 Å². The lowest BCUT2D eigenvalue weighted by atomic mass is 9.76. The summed E-state index contributed by atoms with van der Waals surface area (Å²) in [6.45, 7) is 10.9. The molecule has 2 nitrogen and oxygen atoms in total. The molecule has 15 heavy (non-hydrogen) atoms. The zero-order valence-electron chi connectivity index (χ0n) is 10.6. The topological polar surface area (TPSA) is 15.3 Å². The fraction of sp³-hybridized carbons (Fsp3) is 1.00. The van der Waals surface area contributed by atoms with E-state index >= 15 is 0 Å². The van der Waals surface area contributed by atoms with E-state index in [-0.39, 0.29) is 0 Å². The van der Waals surface area contributed by atoms with Gasteiger partial charge in [-0.25, -0.2) is 0 Å². The smallest absolute Gasteiger partial charge is 0.0238 e. The molecule has 0 aromatic carbocycles. The van der Waals surface area contributed by atoms with Gasteiger partial charge >= 0.3 is 0 Å². The summed E-state index contributed by atoms with van der Waals surface area (Å²) in [6.07, 6.45) is 6.96. The van der Waals surface area contributed by atoms with E-state index in [1.54, 1.807) is 0 Å². The van der Waals surface area contributed by atoms with E-state index in [0.29, 0.717) is 11.1 Å². The van der Waals surface area contributed by atoms with Crippen molar-refractivity contribution >= 4 is 0 Å². The highest BCUT2D eigenvalue weighted by atomic mass is 15.3. The first kappa shape index (κ1) is 11.4. The Balaban J connectivity index is 2.17. The molecule has 0 radical (unpaired) electrons. The lowest BCUT2D eigenvalue weighted by Gasteiger charge is -2.55. The number of rotatable bonds is 0. The lowest BCUT2D eigenvalue weighted by Crippen LogP contribution is -2.62. The number of nitrogens with one attached hydrogen (secondary N) is 1.